The Bertz CT molecular complexity index is 798. The topological polar surface area (TPSA) is 78.0 Å². The number of nitrogens with zero attached hydrogens (tertiary/aromatic N) is 1. The zero-order valence-corrected chi connectivity index (χ0v) is 10.2. The van der Waals surface area contributed by atoms with E-state index in [0.29, 0.717) is 10.9 Å². The van der Waals surface area contributed by atoms with Crippen LogP contribution in [-0.2, 0) is 0 Å². The largest absolute Gasteiger partial charge is 0.506 e. The van der Waals surface area contributed by atoms with Gasteiger partial charge in [-0.05, 0) is 30.3 Å². The minimum absolute atomic E-state index is 0.0492. The summed E-state index contributed by atoms with van der Waals surface area (Å²) in [6.07, 6.45) is 0. The van der Waals surface area contributed by atoms with E-state index in [1.807, 2.05) is 0 Å². The molecule has 6 heteroatoms. The predicted molar refractivity (Wildman–Crippen MR) is 72.1 cm³/mol. The van der Waals surface area contributed by atoms with Crippen LogP contribution in [0.25, 0.3) is 10.9 Å². The summed E-state index contributed by atoms with van der Waals surface area (Å²) < 4.78 is 13.2. The average molecular weight is 271 g/mol. The van der Waals surface area contributed by atoms with Crippen molar-refractivity contribution < 1.29 is 14.3 Å². The molecule has 3 N–H and O–H groups in total. The fourth-order valence-corrected chi connectivity index (χ4v) is 1.92. The highest BCUT2D eigenvalue weighted by Crippen LogP contribution is 2.23. The summed E-state index contributed by atoms with van der Waals surface area (Å²) in [7, 11) is 0. The highest BCUT2D eigenvalue weighted by atomic mass is 19.1. The Morgan fingerprint density at radius 2 is 2.05 bits per heavy atom. The van der Waals surface area contributed by atoms with Gasteiger partial charge in [-0.25, -0.2) is 4.39 Å². The van der Waals surface area contributed by atoms with Crippen molar-refractivity contribution in [3.8, 4) is 5.75 Å². The summed E-state index contributed by atoms with van der Waals surface area (Å²) in [5.74, 6) is -1.02. The number of halogens is 1. The maximum atomic E-state index is 13.2. The molecule has 0 fully saturated rings. The number of H-pyrrole nitrogens is 1. The van der Waals surface area contributed by atoms with E-state index in [9.17, 15) is 14.3 Å². The molecule has 0 aliphatic heterocycles. The lowest BCUT2D eigenvalue weighted by Gasteiger charge is -2.05. The van der Waals surface area contributed by atoms with E-state index in [0.717, 1.165) is 0 Å². The minimum atomic E-state index is -0.525. The molecule has 0 saturated heterocycles. The molecule has 0 saturated carbocycles. The van der Waals surface area contributed by atoms with Gasteiger partial charge in [0.15, 0.2) is 5.69 Å². The fraction of sp³-hybridized carbons (Fsp3) is 0. The van der Waals surface area contributed by atoms with Crippen LogP contribution >= 0.6 is 0 Å². The molecule has 0 aliphatic rings. The van der Waals surface area contributed by atoms with Crippen molar-refractivity contribution in [2.24, 2.45) is 0 Å². The van der Waals surface area contributed by atoms with Gasteiger partial charge < -0.3 is 10.4 Å². The van der Waals surface area contributed by atoms with Gasteiger partial charge in [-0.15, -0.1) is 0 Å². The van der Waals surface area contributed by atoms with Crippen molar-refractivity contribution in [1.29, 1.82) is 0 Å². The Kier molecular flexibility index (Phi) is 2.83. The predicted octanol–water partition coefficient (Wildman–Crippen LogP) is 2.66. The van der Waals surface area contributed by atoms with E-state index in [2.05, 4.69) is 15.5 Å². The lowest BCUT2D eigenvalue weighted by atomic mass is 10.2. The average Bonchev–Trinajstić information content (AvgIpc) is 2.84. The Hall–Kier alpha value is -2.89. The molecular formula is C14H10FN3O2. The Labute approximate surface area is 113 Å². The smallest absolute Gasteiger partial charge is 0.276 e. The zero-order chi connectivity index (χ0) is 14.1. The highest BCUT2D eigenvalue weighted by Gasteiger charge is 2.15. The van der Waals surface area contributed by atoms with E-state index >= 15 is 0 Å². The van der Waals surface area contributed by atoms with Crippen LogP contribution in [0.2, 0.25) is 0 Å². The number of carbonyl (C=O) groups excluding carboxylic acids is 1. The first kappa shape index (κ1) is 12.2. The number of aromatic amines is 1. The standard InChI is InChI=1S/C14H10FN3O2/c15-8-5-6-10-9(7-8)13(18-17-10)14(20)16-11-3-1-2-4-12(11)19/h1-7,19H,(H,16,20)(H,17,18). The van der Waals surface area contributed by atoms with E-state index in [-0.39, 0.29) is 17.1 Å². The molecule has 0 aliphatic carbocycles. The Balaban J connectivity index is 1.97. The number of nitrogens with one attached hydrogen (secondary N) is 2. The molecule has 0 atom stereocenters. The molecule has 1 amide bonds. The number of fused-ring (bicyclic) bond motifs is 1. The van der Waals surface area contributed by atoms with Gasteiger partial charge >= 0.3 is 0 Å². The number of carbonyl (C=O) groups is 1. The first-order valence-electron chi connectivity index (χ1n) is 5.88. The summed E-state index contributed by atoms with van der Waals surface area (Å²) in [5, 5.41) is 19.1. The highest BCUT2D eigenvalue weighted by molar-refractivity contribution is 6.11. The summed E-state index contributed by atoms with van der Waals surface area (Å²) in [4.78, 5) is 12.1. The zero-order valence-electron chi connectivity index (χ0n) is 10.2. The fourth-order valence-electron chi connectivity index (χ4n) is 1.92. The van der Waals surface area contributed by atoms with E-state index in [4.69, 9.17) is 0 Å². The number of rotatable bonds is 2. The van der Waals surface area contributed by atoms with Crippen LogP contribution in [0.15, 0.2) is 42.5 Å². The number of amides is 1. The number of para-hydroxylation sites is 2. The van der Waals surface area contributed by atoms with Gasteiger partial charge in [0.05, 0.1) is 11.2 Å². The quantitative estimate of drug-likeness (QED) is 0.627. The van der Waals surface area contributed by atoms with E-state index < -0.39 is 11.7 Å². The molecule has 1 aromatic heterocycles. The van der Waals surface area contributed by atoms with Gasteiger partial charge in [0, 0.05) is 5.39 Å². The monoisotopic (exact) mass is 271 g/mol. The molecule has 100 valence electrons. The molecule has 0 unspecified atom stereocenters. The lowest BCUT2D eigenvalue weighted by Crippen LogP contribution is -2.12. The van der Waals surface area contributed by atoms with Gasteiger partial charge in [0.1, 0.15) is 11.6 Å². The van der Waals surface area contributed by atoms with Crippen LogP contribution < -0.4 is 5.32 Å². The lowest BCUT2D eigenvalue weighted by molar-refractivity contribution is 0.102. The maximum Gasteiger partial charge on any atom is 0.276 e. The van der Waals surface area contributed by atoms with E-state index in [1.165, 1.54) is 24.3 Å². The molecular weight excluding hydrogens is 261 g/mol. The molecule has 0 bridgehead atoms. The normalized spacial score (nSPS) is 10.7. The summed E-state index contributed by atoms with van der Waals surface area (Å²) >= 11 is 0. The molecule has 20 heavy (non-hydrogen) atoms. The summed E-state index contributed by atoms with van der Waals surface area (Å²) in [6, 6.07) is 10.4. The van der Waals surface area contributed by atoms with Crippen molar-refractivity contribution in [1.82, 2.24) is 10.2 Å². The number of anilines is 1. The van der Waals surface area contributed by atoms with Crippen molar-refractivity contribution in [3.05, 3.63) is 54.0 Å². The number of phenols is 1. The van der Waals surface area contributed by atoms with Crippen LogP contribution in [0.5, 0.6) is 5.75 Å². The van der Waals surface area contributed by atoms with Crippen molar-refractivity contribution in [3.63, 3.8) is 0 Å². The number of phenolic OH excluding ortho intramolecular Hbond substituents is 1. The van der Waals surface area contributed by atoms with Gasteiger partial charge in [0.2, 0.25) is 0 Å². The third-order valence-electron chi connectivity index (χ3n) is 2.89. The van der Waals surface area contributed by atoms with E-state index in [1.54, 1.807) is 18.2 Å². The van der Waals surface area contributed by atoms with Crippen molar-refractivity contribution >= 4 is 22.5 Å². The van der Waals surface area contributed by atoms with Crippen LogP contribution in [-0.4, -0.2) is 21.2 Å². The third-order valence-corrected chi connectivity index (χ3v) is 2.89. The second kappa shape index (κ2) is 4.65. The van der Waals surface area contributed by atoms with Crippen LogP contribution in [0, 0.1) is 5.82 Å². The first-order valence-corrected chi connectivity index (χ1v) is 5.88. The van der Waals surface area contributed by atoms with Crippen LogP contribution in [0.4, 0.5) is 10.1 Å². The molecule has 0 spiro atoms. The molecule has 3 rings (SSSR count). The number of hydrogen-bond donors (Lipinski definition) is 3. The second-order valence-corrected chi connectivity index (χ2v) is 4.23. The molecule has 0 radical (unpaired) electrons. The molecule has 2 aromatic carbocycles. The number of aromatic hydroxyl groups is 1. The number of hydrogen-bond acceptors (Lipinski definition) is 3. The maximum absolute atomic E-state index is 13.2. The SMILES string of the molecule is O=C(Nc1ccccc1O)c1n[nH]c2ccc(F)cc12. The van der Waals surface area contributed by atoms with Gasteiger partial charge in [-0.3, -0.25) is 9.89 Å². The van der Waals surface area contributed by atoms with Crippen LogP contribution in [0.3, 0.4) is 0 Å². The van der Waals surface area contributed by atoms with Crippen molar-refractivity contribution in [2.75, 3.05) is 5.32 Å². The van der Waals surface area contributed by atoms with Gasteiger partial charge in [0.25, 0.3) is 5.91 Å². The van der Waals surface area contributed by atoms with Crippen LogP contribution in [0.1, 0.15) is 10.5 Å². The number of aromatic nitrogens is 2. The van der Waals surface area contributed by atoms with Crippen molar-refractivity contribution in [2.45, 2.75) is 0 Å². The molecule has 3 aromatic rings. The first-order chi connectivity index (χ1) is 9.65. The Morgan fingerprint density at radius 1 is 1.25 bits per heavy atom. The molecule has 5 nitrogen and oxygen atoms in total. The summed E-state index contributed by atoms with van der Waals surface area (Å²) in [6.45, 7) is 0. The summed E-state index contributed by atoms with van der Waals surface area (Å²) in [5.41, 5.74) is 0.904. The number of benzene rings is 2. The molecule has 1 heterocycles. The third kappa shape index (κ3) is 2.07. The van der Waals surface area contributed by atoms with Gasteiger partial charge in [-0.2, -0.15) is 5.10 Å². The second-order valence-electron chi connectivity index (χ2n) is 4.23. The van der Waals surface area contributed by atoms with Gasteiger partial charge in [-0.1, -0.05) is 12.1 Å². The minimum Gasteiger partial charge on any atom is -0.506 e. The Morgan fingerprint density at radius 3 is 2.85 bits per heavy atom.